The Kier molecular flexibility index (Phi) is 4.31. The Bertz CT molecular complexity index is 634. The smallest absolute Gasteiger partial charge is 0.309 e. The Morgan fingerprint density at radius 3 is 2.92 bits per heavy atom. The molecule has 4 heteroatoms. The fraction of sp³-hybridized carbons (Fsp3) is 0.750. The van der Waals surface area contributed by atoms with Crippen molar-refractivity contribution in [1.29, 1.82) is 0 Å². The zero-order valence-electron chi connectivity index (χ0n) is 15.5. The molecule has 1 aromatic rings. The molecule has 0 spiro atoms. The van der Waals surface area contributed by atoms with E-state index in [2.05, 4.69) is 13.8 Å². The molecule has 0 saturated heterocycles. The normalized spacial score (nSPS) is 36.6. The molecule has 3 rings (SSSR count). The minimum atomic E-state index is -0.887. The van der Waals surface area contributed by atoms with Crippen LogP contribution >= 0.6 is 0 Å². The van der Waals surface area contributed by atoms with Gasteiger partial charge < -0.3 is 14.3 Å². The van der Waals surface area contributed by atoms with Crippen molar-refractivity contribution in [2.24, 2.45) is 17.3 Å². The lowest BCUT2D eigenvalue weighted by molar-refractivity contribution is -0.214. The second-order valence-corrected chi connectivity index (χ2v) is 8.17. The maximum absolute atomic E-state index is 12.6. The molecule has 1 fully saturated rings. The van der Waals surface area contributed by atoms with Crippen molar-refractivity contribution < 1.29 is 19.1 Å². The van der Waals surface area contributed by atoms with E-state index in [9.17, 15) is 9.90 Å². The lowest BCUT2D eigenvalue weighted by atomic mass is 9.51. The highest BCUT2D eigenvalue weighted by atomic mass is 16.5. The molecule has 2 aliphatic carbocycles. The Hall–Kier alpha value is -1.29. The quantitative estimate of drug-likeness (QED) is 0.836. The molecule has 0 aromatic carbocycles. The highest BCUT2D eigenvalue weighted by Gasteiger charge is 2.62. The molecule has 5 atom stereocenters. The lowest BCUT2D eigenvalue weighted by Gasteiger charge is -2.57. The topological polar surface area (TPSA) is 59.7 Å². The van der Waals surface area contributed by atoms with E-state index < -0.39 is 17.1 Å². The molecule has 0 radical (unpaired) electrons. The van der Waals surface area contributed by atoms with Crippen LogP contribution in [0, 0.1) is 24.2 Å². The molecule has 1 saturated carbocycles. The summed E-state index contributed by atoms with van der Waals surface area (Å²) < 4.78 is 11.8. The average Bonchev–Trinajstić information content (AvgIpc) is 2.89. The third-order valence-electron chi connectivity index (χ3n) is 6.87. The van der Waals surface area contributed by atoms with Gasteiger partial charge in [-0.2, -0.15) is 0 Å². The molecular formula is C20H30O4. The molecule has 1 aromatic heterocycles. The summed E-state index contributed by atoms with van der Waals surface area (Å²) >= 11 is 0. The van der Waals surface area contributed by atoms with Gasteiger partial charge in [-0.1, -0.05) is 34.1 Å². The molecule has 0 aliphatic heterocycles. The number of hydrogen-bond acceptors (Lipinski definition) is 4. The van der Waals surface area contributed by atoms with E-state index in [0.29, 0.717) is 6.42 Å². The summed E-state index contributed by atoms with van der Waals surface area (Å²) in [7, 11) is 0. The summed E-state index contributed by atoms with van der Waals surface area (Å²) in [6.07, 6.45) is 5.31. The molecule has 0 amide bonds. The summed E-state index contributed by atoms with van der Waals surface area (Å²) in [5.74, 6) is 0.729. The number of aliphatic hydroxyl groups is 1. The van der Waals surface area contributed by atoms with Crippen LogP contribution in [-0.2, 0) is 16.0 Å². The Balaban J connectivity index is 2.10. The van der Waals surface area contributed by atoms with E-state index in [-0.39, 0.29) is 17.8 Å². The van der Waals surface area contributed by atoms with E-state index >= 15 is 0 Å². The van der Waals surface area contributed by atoms with E-state index in [4.69, 9.17) is 9.15 Å². The van der Waals surface area contributed by atoms with Crippen molar-refractivity contribution in [2.45, 2.75) is 78.4 Å². The van der Waals surface area contributed by atoms with Gasteiger partial charge in [0.2, 0.25) is 0 Å². The van der Waals surface area contributed by atoms with Crippen molar-refractivity contribution in [2.75, 3.05) is 0 Å². The third-order valence-corrected chi connectivity index (χ3v) is 6.87. The fourth-order valence-electron chi connectivity index (χ4n) is 4.65. The number of esters is 1. The van der Waals surface area contributed by atoms with Crippen molar-refractivity contribution >= 4 is 5.97 Å². The first kappa shape index (κ1) is 17.5. The molecule has 5 unspecified atom stereocenters. The van der Waals surface area contributed by atoms with Crippen LogP contribution < -0.4 is 0 Å². The standard InChI is InChI=1S/C20H30O4/c1-6-12(2)18(21)24-17-16-13(3)11-23-15(16)10-20(22)9-7-8-14(4)19(17,20)5/h11-12,14,17,22H,6-10H2,1-5H3. The Labute approximate surface area is 144 Å². The highest BCUT2D eigenvalue weighted by molar-refractivity contribution is 5.72. The second-order valence-electron chi connectivity index (χ2n) is 8.17. The number of ether oxygens (including phenoxy) is 1. The lowest BCUT2D eigenvalue weighted by Crippen LogP contribution is -2.60. The van der Waals surface area contributed by atoms with Gasteiger partial charge in [0.15, 0.2) is 0 Å². The number of carbonyl (C=O) groups is 1. The zero-order chi connectivity index (χ0) is 17.7. The predicted molar refractivity (Wildman–Crippen MR) is 91.5 cm³/mol. The van der Waals surface area contributed by atoms with Gasteiger partial charge in [-0.15, -0.1) is 0 Å². The SMILES string of the molecule is CCC(C)C(=O)OC1c2c(C)coc2CC2(O)CCCC(C)C12C. The number of aryl methyl sites for hydroxylation is 1. The van der Waals surface area contributed by atoms with Gasteiger partial charge >= 0.3 is 5.97 Å². The van der Waals surface area contributed by atoms with Crippen LogP contribution in [0.5, 0.6) is 0 Å². The summed E-state index contributed by atoms with van der Waals surface area (Å²) in [4.78, 5) is 12.6. The molecule has 134 valence electrons. The first-order chi connectivity index (χ1) is 11.2. The van der Waals surface area contributed by atoms with Crippen molar-refractivity contribution in [3.8, 4) is 0 Å². The third kappa shape index (κ3) is 2.33. The van der Waals surface area contributed by atoms with Crippen molar-refractivity contribution in [1.82, 2.24) is 0 Å². The molecule has 0 bridgehead atoms. The second kappa shape index (κ2) is 5.91. The van der Waals surface area contributed by atoms with Gasteiger partial charge in [-0.25, -0.2) is 0 Å². The number of rotatable bonds is 3. The van der Waals surface area contributed by atoms with Crippen molar-refractivity contribution in [3.63, 3.8) is 0 Å². The van der Waals surface area contributed by atoms with E-state index in [1.807, 2.05) is 20.8 Å². The van der Waals surface area contributed by atoms with Crippen LogP contribution in [0.2, 0.25) is 0 Å². The molecule has 1 N–H and O–H groups in total. The van der Waals surface area contributed by atoms with E-state index in [1.165, 1.54) is 0 Å². The molecule has 4 nitrogen and oxygen atoms in total. The van der Waals surface area contributed by atoms with Crippen LogP contribution in [0.15, 0.2) is 10.7 Å². The van der Waals surface area contributed by atoms with Crippen LogP contribution in [0.25, 0.3) is 0 Å². The summed E-state index contributed by atoms with van der Waals surface area (Å²) in [6.45, 7) is 10.2. The zero-order valence-corrected chi connectivity index (χ0v) is 15.5. The average molecular weight is 334 g/mol. The first-order valence-electron chi connectivity index (χ1n) is 9.24. The van der Waals surface area contributed by atoms with Gasteiger partial charge in [-0.05, 0) is 37.7 Å². The van der Waals surface area contributed by atoms with Gasteiger partial charge in [0.1, 0.15) is 11.9 Å². The summed E-state index contributed by atoms with van der Waals surface area (Å²) in [5, 5.41) is 11.5. The van der Waals surface area contributed by atoms with E-state index in [0.717, 1.165) is 42.6 Å². The summed E-state index contributed by atoms with van der Waals surface area (Å²) in [5.41, 5.74) is 0.610. The number of furan rings is 1. The monoisotopic (exact) mass is 334 g/mol. The molecule has 24 heavy (non-hydrogen) atoms. The first-order valence-corrected chi connectivity index (χ1v) is 9.24. The fourth-order valence-corrected chi connectivity index (χ4v) is 4.65. The minimum absolute atomic E-state index is 0.141. The molecular weight excluding hydrogens is 304 g/mol. The van der Waals surface area contributed by atoms with Gasteiger partial charge in [0.05, 0.1) is 17.8 Å². The maximum atomic E-state index is 12.6. The molecule has 1 heterocycles. The highest BCUT2D eigenvalue weighted by Crippen LogP contribution is 2.61. The molecule has 2 aliphatic rings. The van der Waals surface area contributed by atoms with Gasteiger partial charge in [0.25, 0.3) is 0 Å². The maximum Gasteiger partial charge on any atom is 0.309 e. The number of hydrogen-bond donors (Lipinski definition) is 1. The Morgan fingerprint density at radius 1 is 1.54 bits per heavy atom. The van der Waals surface area contributed by atoms with Crippen LogP contribution in [0.4, 0.5) is 0 Å². The van der Waals surface area contributed by atoms with Crippen LogP contribution in [-0.4, -0.2) is 16.7 Å². The van der Waals surface area contributed by atoms with Gasteiger partial charge in [0, 0.05) is 17.4 Å². The van der Waals surface area contributed by atoms with Crippen molar-refractivity contribution in [3.05, 3.63) is 23.2 Å². The predicted octanol–water partition coefficient (Wildman–Crippen LogP) is 4.33. The van der Waals surface area contributed by atoms with E-state index in [1.54, 1.807) is 6.26 Å². The number of carbonyl (C=O) groups excluding carboxylic acids is 1. The van der Waals surface area contributed by atoms with Gasteiger partial charge in [-0.3, -0.25) is 4.79 Å². The van der Waals surface area contributed by atoms with Crippen LogP contribution in [0.1, 0.15) is 76.4 Å². The summed E-state index contributed by atoms with van der Waals surface area (Å²) in [6, 6.07) is 0. The number of fused-ring (bicyclic) bond motifs is 2. The largest absolute Gasteiger partial charge is 0.469 e. The Morgan fingerprint density at radius 2 is 2.25 bits per heavy atom. The minimum Gasteiger partial charge on any atom is -0.469 e. The van der Waals surface area contributed by atoms with Crippen LogP contribution in [0.3, 0.4) is 0 Å².